The van der Waals surface area contributed by atoms with Gasteiger partial charge in [-0.15, -0.1) is 0 Å². The van der Waals surface area contributed by atoms with Gasteiger partial charge in [-0.05, 0) is 24.6 Å². The van der Waals surface area contributed by atoms with Crippen molar-refractivity contribution in [1.82, 2.24) is 0 Å². The number of hydrogen-bond acceptors (Lipinski definition) is 4. The van der Waals surface area contributed by atoms with Gasteiger partial charge in [0.05, 0.1) is 0 Å². The van der Waals surface area contributed by atoms with E-state index in [0.29, 0.717) is 17.1 Å². The van der Waals surface area contributed by atoms with Crippen molar-refractivity contribution in [3.8, 4) is 11.5 Å². The lowest BCUT2D eigenvalue weighted by molar-refractivity contribution is -0.156. The third-order valence-electron chi connectivity index (χ3n) is 2.45. The van der Waals surface area contributed by atoms with Crippen LogP contribution in [0.25, 0.3) is 0 Å². The monoisotopic (exact) mass is 224 g/mol. The summed E-state index contributed by atoms with van der Waals surface area (Å²) in [5, 5.41) is 18.4. The lowest BCUT2D eigenvalue weighted by Crippen LogP contribution is -2.37. The van der Waals surface area contributed by atoms with Crippen molar-refractivity contribution in [1.29, 1.82) is 0 Å². The second-order valence-electron chi connectivity index (χ2n) is 3.94. The Bertz CT molecular complexity index is 424. The average molecular weight is 224 g/mol. The number of carboxylic acid groups (broad SMARTS) is 1. The predicted octanol–water partition coefficient (Wildman–Crippen LogP) is 0.793. The first-order valence-electron chi connectivity index (χ1n) is 4.83. The molecule has 1 aliphatic heterocycles. The molecule has 2 N–H and O–H groups in total. The minimum Gasteiger partial charge on any atom is -0.479 e. The molecule has 0 spiro atoms. The van der Waals surface area contributed by atoms with Crippen LogP contribution in [0.1, 0.15) is 12.5 Å². The molecule has 1 aromatic carbocycles. The zero-order valence-electron chi connectivity index (χ0n) is 8.77. The van der Waals surface area contributed by atoms with Crippen LogP contribution in [0.5, 0.6) is 11.5 Å². The standard InChI is InChI=1S/C11H12O5/c1-11(14,10(12)13)5-7-2-3-8-9(4-7)16-6-15-8/h2-4,14H,5-6H2,1H3,(H,12,13). The summed E-state index contributed by atoms with van der Waals surface area (Å²) >= 11 is 0. The number of aliphatic carboxylic acids is 1. The molecular formula is C11H12O5. The number of fused-ring (bicyclic) bond motifs is 1. The summed E-state index contributed by atoms with van der Waals surface area (Å²) in [6.45, 7) is 1.44. The van der Waals surface area contributed by atoms with Crippen LogP contribution in [-0.2, 0) is 11.2 Å². The molecular weight excluding hydrogens is 212 g/mol. The van der Waals surface area contributed by atoms with Crippen LogP contribution in [0.15, 0.2) is 18.2 Å². The largest absolute Gasteiger partial charge is 0.479 e. The fourth-order valence-electron chi connectivity index (χ4n) is 1.52. The summed E-state index contributed by atoms with van der Waals surface area (Å²) in [4.78, 5) is 10.8. The highest BCUT2D eigenvalue weighted by Gasteiger charge is 2.30. The highest BCUT2D eigenvalue weighted by Crippen LogP contribution is 2.33. The van der Waals surface area contributed by atoms with Crippen LogP contribution in [0.4, 0.5) is 0 Å². The Morgan fingerprint density at radius 2 is 2.12 bits per heavy atom. The van der Waals surface area contributed by atoms with Gasteiger partial charge in [0.25, 0.3) is 0 Å². The van der Waals surface area contributed by atoms with E-state index < -0.39 is 11.6 Å². The van der Waals surface area contributed by atoms with Crippen molar-refractivity contribution in [2.24, 2.45) is 0 Å². The summed E-state index contributed by atoms with van der Waals surface area (Å²) in [6.07, 6.45) is 0.0268. The summed E-state index contributed by atoms with van der Waals surface area (Å²) in [5.41, 5.74) is -1.08. The van der Waals surface area contributed by atoms with Gasteiger partial charge in [-0.25, -0.2) is 4.79 Å². The van der Waals surface area contributed by atoms with Gasteiger partial charge in [-0.2, -0.15) is 0 Å². The van der Waals surface area contributed by atoms with Gasteiger partial charge < -0.3 is 19.7 Å². The minimum atomic E-state index is -1.77. The number of carboxylic acids is 1. The maximum Gasteiger partial charge on any atom is 0.335 e. The Hall–Kier alpha value is -1.75. The quantitative estimate of drug-likeness (QED) is 0.794. The third-order valence-corrected chi connectivity index (χ3v) is 2.45. The molecule has 0 aromatic heterocycles. The smallest absolute Gasteiger partial charge is 0.335 e. The lowest BCUT2D eigenvalue weighted by Gasteiger charge is -2.17. The molecule has 1 aromatic rings. The maximum atomic E-state index is 10.8. The third kappa shape index (κ3) is 1.94. The van der Waals surface area contributed by atoms with E-state index >= 15 is 0 Å². The first kappa shape index (κ1) is 10.8. The fourth-order valence-corrected chi connectivity index (χ4v) is 1.52. The van der Waals surface area contributed by atoms with E-state index in [2.05, 4.69) is 0 Å². The molecule has 0 amide bonds. The molecule has 5 heteroatoms. The molecule has 86 valence electrons. The fraction of sp³-hybridized carbons (Fsp3) is 0.364. The number of ether oxygens (including phenoxy) is 2. The Morgan fingerprint density at radius 3 is 2.81 bits per heavy atom. The molecule has 1 aliphatic rings. The molecule has 5 nitrogen and oxygen atoms in total. The summed E-state index contributed by atoms with van der Waals surface area (Å²) in [6, 6.07) is 5.10. The molecule has 0 aliphatic carbocycles. The van der Waals surface area contributed by atoms with Crippen LogP contribution in [0, 0.1) is 0 Å². The van der Waals surface area contributed by atoms with Crippen LogP contribution < -0.4 is 9.47 Å². The molecule has 0 saturated carbocycles. The SMILES string of the molecule is CC(O)(Cc1ccc2c(c1)OCO2)C(=O)O. The van der Waals surface area contributed by atoms with Gasteiger partial charge >= 0.3 is 5.97 Å². The van der Waals surface area contributed by atoms with E-state index in [1.807, 2.05) is 0 Å². The van der Waals surface area contributed by atoms with E-state index in [-0.39, 0.29) is 13.2 Å². The van der Waals surface area contributed by atoms with Crippen molar-refractivity contribution < 1.29 is 24.5 Å². The Labute approximate surface area is 92.2 Å². The highest BCUT2D eigenvalue weighted by molar-refractivity contribution is 5.77. The number of carbonyl (C=O) groups is 1. The van der Waals surface area contributed by atoms with Gasteiger partial charge in [-0.1, -0.05) is 6.07 Å². The molecule has 16 heavy (non-hydrogen) atoms. The topological polar surface area (TPSA) is 76.0 Å². The van der Waals surface area contributed by atoms with Gasteiger partial charge in [0, 0.05) is 6.42 Å². The van der Waals surface area contributed by atoms with E-state index in [9.17, 15) is 9.90 Å². The number of rotatable bonds is 3. The molecule has 1 heterocycles. The first-order valence-corrected chi connectivity index (χ1v) is 4.83. The molecule has 1 unspecified atom stereocenters. The van der Waals surface area contributed by atoms with Crippen LogP contribution in [0.3, 0.4) is 0 Å². The van der Waals surface area contributed by atoms with Crippen molar-refractivity contribution in [2.45, 2.75) is 18.9 Å². The first-order chi connectivity index (χ1) is 7.49. The minimum absolute atomic E-state index is 0.0268. The van der Waals surface area contributed by atoms with Gasteiger partial charge in [0.2, 0.25) is 6.79 Å². The Balaban J connectivity index is 2.20. The summed E-state index contributed by atoms with van der Waals surface area (Å²) in [7, 11) is 0. The van der Waals surface area contributed by atoms with E-state index in [0.717, 1.165) is 0 Å². The Morgan fingerprint density at radius 1 is 1.44 bits per heavy atom. The molecule has 1 atom stereocenters. The molecule has 0 saturated heterocycles. The van der Waals surface area contributed by atoms with Crippen LogP contribution in [-0.4, -0.2) is 28.6 Å². The molecule has 2 rings (SSSR count). The van der Waals surface area contributed by atoms with Crippen LogP contribution in [0.2, 0.25) is 0 Å². The summed E-state index contributed by atoms with van der Waals surface area (Å²) in [5.74, 6) is -0.0254. The van der Waals surface area contributed by atoms with E-state index in [1.54, 1.807) is 18.2 Å². The van der Waals surface area contributed by atoms with E-state index in [1.165, 1.54) is 6.92 Å². The predicted molar refractivity (Wildman–Crippen MR) is 54.5 cm³/mol. The molecule has 0 fully saturated rings. The number of aliphatic hydroxyl groups is 1. The molecule has 0 radical (unpaired) electrons. The van der Waals surface area contributed by atoms with E-state index in [4.69, 9.17) is 14.6 Å². The zero-order chi connectivity index (χ0) is 11.8. The average Bonchev–Trinajstić information content (AvgIpc) is 2.63. The second-order valence-corrected chi connectivity index (χ2v) is 3.94. The van der Waals surface area contributed by atoms with Gasteiger partial charge in [0.1, 0.15) is 0 Å². The van der Waals surface area contributed by atoms with Crippen molar-refractivity contribution in [2.75, 3.05) is 6.79 Å². The number of benzene rings is 1. The van der Waals surface area contributed by atoms with Crippen LogP contribution >= 0.6 is 0 Å². The van der Waals surface area contributed by atoms with Gasteiger partial charge in [0.15, 0.2) is 17.1 Å². The summed E-state index contributed by atoms with van der Waals surface area (Å²) < 4.78 is 10.3. The maximum absolute atomic E-state index is 10.8. The highest BCUT2D eigenvalue weighted by atomic mass is 16.7. The van der Waals surface area contributed by atoms with Gasteiger partial charge in [-0.3, -0.25) is 0 Å². The zero-order valence-corrected chi connectivity index (χ0v) is 8.77. The Kier molecular flexibility index (Phi) is 2.47. The normalized spacial score (nSPS) is 16.9. The number of hydrogen-bond donors (Lipinski definition) is 2. The second kappa shape index (κ2) is 3.68. The molecule has 0 bridgehead atoms. The lowest BCUT2D eigenvalue weighted by atomic mass is 9.96. The van der Waals surface area contributed by atoms with Crippen molar-refractivity contribution in [3.63, 3.8) is 0 Å². The van der Waals surface area contributed by atoms with Crippen molar-refractivity contribution >= 4 is 5.97 Å². The van der Waals surface area contributed by atoms with Crippen molar-refractivity contribution in [3.05, 3.63) is 23.8 Å².